The van der Waals surface area contributed by atoms with E-state index in [1.54, 1.807) is 6.92 Å². The monoisotopic (exact) mass is 397 g/mol. The number of aromatic nitrogens is 3. The van der Waals surface area contributed by atoms with Crippen LogP contribution < -0.4 is 10.6 Å². The van der Waals surface area contributed by atoms with E-state index >= 15 is 0 Å². The Morgan fingerprint density at radius 1 is 1.24 bits per heavy atom. The zero-order chi connectivity index (χ0) is 20.8. The summed E-state index contributed by atoms with van der Waals surface area (Å²) in [6.07, 6.45) is 1.81. The second kappa shape index (κ2) is 9.54. The van der Waals surface area contributed by atoms with E-state index < -0.39 is 0 Å². The number of nitrogens with one attached hydrogen (secondary N) is 2. The molecule has 0 spiro atoms. The number of carbonyl (C=O) groups is 1. The number of benzene rings is 1. The second-order valence-corrected chi connectivity index (χ2v) is 7.59. The van der Waals surface area contributed by atoms with Gasteiger partial charge in [0.25, 0.3) is 0 Å². The molecule has 2 N–H and O–H groups in total. The van der Waals surface area contributed by atoms with E-state index in [-0.39, 0.29) is 18.0 Å². The van der Waals surface area contributed by atoms with Gasteiger partial charge in [0.05, 0.1) is 6.04 Å². The summed E-state index contributed by atoms with van der Waals surface area (Å²) in [6.45, 7) is 7.68. The van der Waals surface area contributed by atoms with Gasteiger partial charge in [0.2, 0.25) is 5.91 Å². The highest BCUT2D eigenvalue weighted by atomic mass is 16.2. The van der Waals surface area contributed by atoms with Gasteiger partial charge in [0.1, 0.15) is 12.4 Å². The van der Waals surface area contributed by atoms with Crippen molar-refractivity contribution >= 4 is 11.9 Å². The molecule has 1 aliphatic rings. The van der Waals surface area contributed by atoms with Crippen LogP contribution in [0, 0.1) is 6.92 Å². The van der Waals surface area contributed by atoms with Gasteiger partial charge in [-0.15, -0.1) is 10.2 Å². The Morgan fingerprint density at radius 3 is 2.52 bits per heavy atom. The van der Waals surface area contributed by atoms with Crippen LogP contribution in [-0.2, 0) is 18.4 Å². The van der Waals surface area contributed by atoms with Crippen LogP contribution in [0.4, 0.5) is 0 Å². The van der Waals surface area contributed by atoms with Gasteiger partial charge in [-0.2, -0.15) is 0 Å². The van der Waals surface area contributed by atoms with E-state index in [2.05, 4.69) is 39.9 Å². The summed E-state index contributed by atoms with van der Waals surface area (Å²) in [6, 6.07) is 10.7. The van der Waals surface area contributed by atoms with E-state index in [4.69, 9.17) is 4.99 Å². The van der Waals surface area contributed by atoms with Crippen LogP contribution in [0.25, 0.3) is 0 Å². The molecule has 2 aromatic rings. The molecule has 1 atom stereocenters. The van der Waals surface area contributed by atoms with Crippen molar-refractivity contribution in [1.82, 2.24) is 30.3 Å². The number of nitrogens with zero attached hydrogens (tertiary/aromatic N) is 5. The molecule has 156 valence electrons. The first-order valence-corrected chi connectivity index (χ1v) is 10.2. The number of hydrogen-bond acceptors (Lipinski definition) is 4. The molecule has 1 fully saturated rings. The highest BCUT2D eigenvalue weighted by molar-refractivity contribution is 5.80. The van der Waals surface area contributed by atoms with E-state index in [1.807, 2.05) is 41.6 Å². The number of piperidine rings is 1. The lowest BCUT2D eigenvalue weighted by atomic mass is 10.1. The van der Waals surface area contributed by atoms with Crippen LogP contribution in [0.2, 0.25) is 0 Å². The van der Waals surface area contributed by atoms with Gasteiger partial charge in [0.15, 0.2) is 11.8 Å². The van der Waals surface area contributed by atoms with Crippen molar-refractivity contribution in [3.63, 3.8) is 0 Å². The molecule has 1 aliphatic heterocycles. The minimum Gasteiger partial charge on any atom is -0.354 e. The number of rotatable bonds is 5. The largest absolute Gasteiger partial charge is 0.354 e. The minimum absolute atomic E-state index is 0.112. The number of amides is 1. The number of guanidine groups is 1. The van der Waals surface area contributed by atoms with Crippen molar-refractivity contribution in [3.8, 4) is 0 Å². The molecule has 1 aromatic carbocycles. The maximum atomic E-state index is 11.6. The number of hydrogen-bond donors (Lipinski definition) is 2. The highest BCUT2D eigenvalue weighted by Gasteiger charge is 2.22. The standard InChI is InChI=1S/C21H31N7O/c1-15(18-8-6-5-7-9-18)23-21(22-14-20-26-25-16(2)27(20)4)24-19-10-12-28(13-11-19)17(3)29/h5-9,15,19H,10-14H2,1-4H3,(H2,22,23,24). The molecule has 0 bridgehead atoms. The Hall–Kier alpha value is -2.90. The van der Waals surface area contributed by atoms with Gasteiger partial charge >= 0.3 is 0 Å². The molecule has 1 amide bonds. The molecule has 1 saturated heterocycles. The maximum absolute atomic E-state index is 11.6. The highest BCUT2D eigenvalue weighted by Crippen LogP contribution is 2.13. The minimum atomic E-state index is 0.112. The van der Waals surface area contributed by atoms with Gasteiger partial charge in [-0.25, -0.2) is 4.99 Å². The topological polar surface area (TPSA) is 87.4 Å². The number of likely N-dealkylation sites (tertiary alicyclic amines) is 1. The van der Waals surface area contributed by atoms with Crippen molar-refractivity contribution in [2.75, 3.05) is 13.1 Å². The molecule has 8 heteroatoms. The van der Waals surface area contributed by atoms with Gasteiger partial charge in [-0.05, 0) is 32.3 Å². The lowest BCUT2D eigenvalue weighted by Crippen LogP contribution is -2.49. The third-order valence-electron chi connectivity index (χ3n) is 5.50. The molecule has 8 nitrogen and oxygen atoms in total. The number of aliphatic imine (C=N–C) groups is 1. The summed E-state index contributed by atoms with van der Waals surface area (Å²) < 4.78 is 1.95. The molecule has 2 heterocycles. The quantitative estimate of drug-likeness (QED) is 0.595. The second-order valence-electron chi connectivity index (χ2n) is 7.59. The average molecular weight is 398 g/mol. The van der Waals surface area contributed by atoms with Crippen LogP contribution >= 0.6 is 0 Å². The molecular formula is C21H31N7O. The first-order valence-electron chi connectivity index (χ1n) is 10.2. The summed E-state index contributed by atoms with van der Waals surface area (Å²) in [7, 11) is 1.95. The Labute approximate surface area is 172 Å². The first kappa shape index (κ1) is 20.8. The number of carbonyl (C=O) groups excluding carboxylic acids is 1. The van der Waals surface area contributed by atoms with Crippen molar-refractivity contribution < 1.29 is 4.79 Å². The summed E-state index contributed by atoms with van der Waals surface area (Å²) in [5.41, 5.74) is 1.20. The van der Waals surface area contributed by atoms with Crippen LogP contribution in [-0.4, -0.2) is 50.7 Å². The fourth-order valence-electron chi connectivity index (χ4n) is 3.43. The predicted molar refractivity (Wildman–Crippen MR) is 113 cm³/mol. The zero-order valence-electron chi connectivity index (χ0n) is 17.7. The van der Waals surface area contributed by atoms with E-state index in [0.717, 1.165) is 43.5 Å². The summed E-state index contributed by atoms with van der Waals surface area (Å²) in [4.78, 5) is 18.3. The van der Waals surface area contributed by atoms with Gasteiger partial charge in [-0.1, -0.05) is 30.3 Å². The van der Waals surface area contributed by atoms with E-state index in [0.29, 0.717) is 6.54 Å². The normalized spacial score (nSPS) is 16.6. The van der Waals surface area contributed by atoms with Gasteiger partial charge < -0.3 is 20.1 Å². The Bertz CT molecular complexity index is 838. The van der Waals surface area contributed by atoms with Crippen molar-refractivity contribution in [3.05, 3.63) is 47.5 Å². The Balaban J connectivity index is 1.69. The zero-order valence-corrected chi connectivity index (χ0v) is 17.7. The van der Waals surface area contributed by atoms with Gasteiger partial charge in [0, 0.05) is 33.1 Å². The molecule has 0 aliphatic carbocycles. The Kier molecular flexibility index (Phi) is 6.85. The predicted octanol–water partition coefficient (Wildman–Crippen LogP) is 1.93. The SMILES string of the molecule is CC(=O)N1CCC(NC(=NCc2nnc(C)n2C)NC(C)c2ccccc2)CC1. The average Bonchev–Trinajstić information content (AvgIpc) is 3.05. The molecule has 0 radical (unpaired) electrons. The van der Waals surface area contributed by atoms with Crippen molar-refractivity contribution in [1.29, 1.82) is 0 Å². The first-order chi connectivity index (χ1) is 13.9. The smallest absolute Gasteiger partial charge is 0.219 e. The molecule has 1 unspecified atom stereocenters. The Morgan fingerprint density at radius 2 is 1.93 bits per heavy atom. The molecule has 0 saturated carbocycles. The van der Waals surface area contributed by atoms with Crippen LogP contribution in [0.1, 0.15) is 49.9 Å². The number of aryl methyl sites for hydroxylation is 1. The maximum Gasteiger partial charge on any atom is 0.219 e. The summed E-state index contributed by atoms with van der Waals surface area (Å²) in [5, 5.41) is 15.4. The fourth-order valence-corrected chi connectivity index (χ4v) is 3.43. The molecular weight excluding hydrogens is 366 g/mol. The van der Waals surface area contributed by atoms with Gasteiger partial charge in [-0.3, -0.25) is 4.79 Å². The van der Waals surface area contributed by atoms with Crippen molar-refractivity contribution in [2.24, 2.45) is 12.0 Å². The third-order valence-corrected chi connectivity index (χ3v) is 5.50. The summed E-state index contributed by atoms with van der Waals surface area (Å²) >= 11 is 0. The summed E-state index contributed by atoms with van der Waals surface area (Å²) in [5.74, 6) is 2.59. The molecule has 1 aromatic heterocycles. The lowest BCUT2D eigenvalue weighted by Gasteiger charge is -2.33. The van der Waals surface area contributed by atoms with E-state index in [9.17, 15) is 4.79 Å². The van der Waals surface area contributed by atoms with Crippen LogP contribution in [0.5, 0.6) is 0 Å². The lowest BCUT2D eigenvalue weighted by molar-refractivity contribution is -0.129. The third kappa shape index (κ3) is 5.56. The fraction of sp³-hybridized carbons (Fsp3) is 0.524. The van der Waals surface area contributed by atoms with E-state index in [1.165, 1.54) is 5.56 Å². The molecule has 29 heavy (non-hydrogen) atoms. The van der Waals surface area contributed by atoms with Crippen LogP contribution in [0.3, 0.4) is 0 Å². The van der Waals surface area contributed by atoms with Crippen LogP contribution in [0.15, 0.2) is 35.3 Å². The molecule has 3 rings (SSSR count). The van der Waals surface area contributed by atoms with Crippen molar-refractivity contribution in [2.45, 2.75) is 52.2 Å².